The van der Waals surface area contributed by atoms with Gasteiger partial charge < -0.3 is 10.1 Å². The van der Waals surface area contributed by atoms with Gasteiger partial charge in [-0.2, -0.15) is 5.10 Å². The van der Waals surface area contributed by atoms with Crippen LogP contribution in [-0.2, 0) is 13.2 Å². The van der Waals surface area contributed by atoms with Crippen molar-refractivity contribution in [1.29, 1.82) is 0 Å². The number of benzene rings is 3. The van der Waals surface area contributed by atoms with Crippen LogP contribution in [0.4, 0.5) is 10.2 Å². The lowest BCUT2D eigenvalue weighted by molar-refractivity contribution is 0.102. The van der Waals surface area contributed by atoms with Gasteiger partial charge in [-0.05, 0) is 70.4 Å². The number of amides is 1. The zero-order valence-corrected chi connectivity index (χ0v) is 21.1. The third-order valence-corrected chi connectivity index (χ3v) is 6.27. The molecule has 0 radical (unpaired) electrons. The Morgan fingerprint density at radius 3 is 2.62 bits per heavy atom. The van der Waals surface area contributed by atoms with Gasteiger partial charge in [0.25, 0.3) is 5.91 Å². The van der Waals surface area contributed by atoms with E-state index in [-0.39, 0.29) is 12.5 Å². The molecule has 0 aliphatic carbocycles. The van der Waals surface area contributed by atoms with Crippen molar-refractivity contribution in [3.63, 3.8) is 0 Å². The average molecular weight is 563 g/mol. The monoisotopic (exact) mass is 561 g/mol. The first-order valence-corrected chi connectivity index (χ1v) is 11.8. The van der Waals surface area contributed by atoms with Crippen LogP contribution >= 0.6 is 39.1 Å². The number of rotatable bonds is 7. The van der Waals surface area contributed by atoms with Crippen molar-refractivity contribution >= 4 is 50.9 Å². The van der Waals surface area contributed by atoms with Gasteiger partial charge in [-0.1, -0.05) is 47.5 Å². The van der Waals surface area contributed by atoms with Gasteiger partial charge >= 0.3 is 0 Å². The van der Waals surface area contributed by atoms with Crippen LogP contribution in [0, 0.1) is 12.7 Å². The van der Waals surface area contributed by atoms with Crippen LogP contribution in [0.3, 0.4) is 0 Å². The molecule has 174 valence electrons. The predicted octanol–water partition coefficient (Wildman–Crippen LogP) is 7.28. The van der Waals surface area contributed by atoms with Crippen molar-refractivity contribution in [3.05, 3.63) is 109 Å². The first-order valence-electron chi connectivity index (χ1n) is 10.3. The van der Waals surface area contributed by atoms with Gasteiger partial charge in [0.15, 0.2) is 5.82 Å². The molecule has 0 unspecified atom stereocenters. The summed E-state index contributed by atoms with van der Waals surface area (Å²) >= 11 is 15.6. The molecule has 3 aromatic carbocycles. The van der Waals surface area contributed by atoms with Crippen LogP contribution in [0.2, 0.25) is 10.0 Å². The van der Waals surface area contributed by atoms with Crippen LogP contribution in [0.1, 0.15) is 27.0 Å². The van der Waals surface area contributed by atoms with E-state index in [9.17, 15) is 9.18 Å². The summed E-state index contributed by atoms with van der Waals surface area (Å²) in [7, 11) is 0. The third kappa shape index (κ3) is 5.78. The lowest BCUT2D eigenvalue weighted by Crippen LogP contribution is -2.13. The normalized spacial score (nSPS) is 10.9. The maximum atomic E-state index is 14.1. The Hall–Kier alpha value is -2.87. The maximum absolute atomic E-state index is 14.1. The highest BCUT2D eigenvalue weighted by molar-refractivity contribution is 9.10. The van der Waals surface area contributed by atoms with E-state index in [2.05, 4.69) is 26.3 Å². The van der Waals surface area contributed by atoms with E-state index in [0.717, 1.165) is 11.1 Å². The fourth-order valence-corrected chi connectivity index (χ4v) is 4.03. The van der Waals surface area contributed by atoms with E-state index < -0.39 is 5.82 Å². The SMILES string of the molecule is Cc1ccc(Cl)c(OCc2ccc(C(=O)Nc3nn(Cc4c(F)cccc4Cl)cc3Br)cc2)c1. The highest BCUT2D eigenvalue weighted by atomic mass is 79.9. The number of aromatic nitrogens is 2. The van der Waals surface area contributed by atoms with Crippen molar-refractivity contribution in [2.24, 2.45) is 0 Å². The van der Waals surface area contributed by atoms with Crippen molar-refractivity contribution in [2.45, 2.75) is 20.1 Å². The standard InChI is InChI=1S/C25H19BrCl2FN3O2/c1-15-5-10-21(28)23(11-15)34-14-16-6-8-17(9-7-16)25(33)30-24-19(26)13-32(31-24)12-18-20(27)3-2-4-22(18)29/h2-11,13H,12,14H2,1H3,(H,30,31,33). The molecule has 1 amide bonds. The molecule has 5 nitrogen and oxygen atoms in total. The van der Waals surface area contributed by atoms with Crippen LogP contribution in [-0.4, -0.2) is 15.7 Å². The van der Waals surface area contributed by atoms with Crippen molar-refractivity contribution in [3.8, 4) is 5.75 Å². The second-order valence-corrected chi connectivity index (χ2v) is 9.27. The van der Waals surface area contributed by atoms with Gasteiger partial charge in [0, 0.05) is 22.3 Å². The maximum Gasteiger partial charge on any atom is 0.256 e. The van der Waals surface area contributed by atoms with Gasteiger partial charge in [-0.15, -0.1) is 0 Å². The summed E-state index contributed by atoms with van der Waals surface area (Å²) in [4.78, 5) is 12.7. The minimum atomic E-state index is -0.418. The summed E-state index contributed by atoms with van der Waals surface area (Å²) in [5, 5.41) is 7.94. The van der Waals surface area contributed by atoms with Crippen molar-refractivity contribution in [1.82, 2.24) is 9.78 Å². The fourth-order valence-electron chi connectivity index (χ4n) is 3.22. The number of aryl methyl sites for hydroxylation is 1. The largest absolute Gasteiger partial charge is 0.487 e. The summed E-state index contributed by atoms with van der Waals surface area (Å²) in [6, 6.07) is 17.1. The average Bonchev–Trinajstić information content (AvgIpc) is 3.16. The Kier molecular flexibility index (Phi) is 7.56. The number of halogens is 4. The van der Waals surface area contributed by atoms with Gasteiger partial charge in [0.05, 0.1) is 16.0 Å². The Balaban J connectivity index is 1.39. The molecule has 0 saturated heterocycles. The number of hydrogen-bond donors (Lipinski definition) is 1. The van der Waals surface area contributed by atoms with Crippen LogP contribution in [0.25, 0.3) is 0 Å². The summed E-state index contributed by atoms with van der Waals surface area (Å²) in [5.74, 6) is 0.182. The van der Waals surface area contributed by atoms with Gasteiger partial charge in [-0.25, -0.2) is 4.39 Å². The molecular formula is C25H19BrCl2FN3O2. The first-order chi connectivity index (χ1) is 16.3. The molecule has 34 heavy (non-hydrogen) atoms. The number of anilines is 1. The highest BCUT2D eigenvalue weighted by Gasteiger charge is 2.14. The van der Waals surface area contributed by atoms with Crippen molar-refractivity contribution < 1.29 is 13.9 Å². The second-order valence-electron chi connectivity index (χ2n) is 7.60. The molecule has 1 N–H and O–H groups in total. The first kappa shape index (κ1) is 24.3. The molecule has 0 aliphatic heterocycles. The van der Waals surface area contributed by atoms with E-state index >= 15 is 0 Å². The predicted molar refractivity (Wildman–Crippen MR) is 135 cm³/mol. The third-order valence-electron chi connectivity index (χ3n) is 5.03. The lowest BCUT2D eigenvalue weighted by atomic mass is 10.1. The summed E-state index contributed by atoms with van der Waals surface area (Å²) in [6.07, 6.45) is 1.65. The fraction of sp³-hybridized carbons (Fsp3) is 0.120. The molecular weight excluding hydrogens is 544 g/mol. The summed E-state index contributed by atoms with van der Waals surface area (Å²) in [5.41, 5.74) is 2.72. The second kappa shape index (κ2) is 10.6. The summed E-state index contributed by atoms with van der Waals surface area (Å²) < 4.78 is 21.9. The van der Waals surface area contributed by atoms with Gasteiger partial charge in [-0.3, -0.25) is 9.48 Å². The molecule has 0 bridgehead atoms. The topological polar surface area (TPSA) is 56.1 Å². The van der Waals surface area contributed by atoms with E-state index in [0.29, 0.717) is 43.8 Å². The number of nitrogens with one attached hydrogen (secondary N) is 1. The zero-order valence-electron chi connectivity index (χ0n) is 18.0. The minimum Gasteiger partial charge on any atom is -0.487 e. The van der Waals surface area contributed by atoms with Crippen LogP contribution < -0.4 is 10.1 Å². The molecule has 9 heteroatoms. The lowest BCUT2D eigenvalue weighted by Gasteiger charge is -2.09. The Bertz CT molecular complexity index is 1320. The molecule has 0 fully saturated rings. The van der Waals surface area contributed by atoms with Gasteiger partial charge in [0.1, 0.15) is 18.2 Å². The molecule has 1 heterocycles. The zero-order chi connectivity index (χ0) is 24.2. The quantitative estimate of drug-likeness (QED) is 0.257. The molecule has 0 aliphatic rings. The number of nitrogens with zero attached hydrogens (tertiary/aromatic N) is 2. The molecule has 4 rings (SSSR count). The molecule has 0 saturated carbocycles. The van der Waals surface area contributed by atoms with Crippen molar-refractivity contribution in [2.75, 3.05) is 5.32 Å². The van der Waals surface area contributed by atoms with E-state index in [1.807, 2.05) is 31.2 Å². The smallest absolute Gasteiger partial charge is 0.256 e. The molecule has 0 atom stereocenters. The number of carbonyl (C=O) groups is 1. The number of carbonyl (C=O) groups excluding carboxylic acids is 1. The molecule has 1 aromatic heterocycles. The number of hydrogen-bond acceptors (Lipinski definition) is 3. The minimum absolute atomic E-state index is 0.125. The Morgan fingerprint density at radius 2 is 1.88 bits per heavy atom. The van der Waals surface area contributed by atoms with Gasteiger partial charge in [0.2, 0.25) is 0 Å². The Labute approximate surface area is 214 Å². The summed E-state index contributed by atoms with van der Waals surface area (Å²) in [6.45, 7) is 2.41. The molecule has 4 aromatic rings. The van der Waals surface area contributed by atoms with E-state index in [4.69, 9.17) is 27.9 Å². The number of ether oxygens (including phenoxy) is 1. The van der Waals surface area contributed by atoms with Crippen LogP contribution in [0.15, 0.2) is 71.3 Å². The van der Waals surface area contributed by atoms with E-state index in [1.165, 1.54) is 10.7 Å². The Morgan fingerprint density at radius 1 is 1.12 bits per heavy atom. The molecule has 0 spiro atoms. The van der Waals surface area contributed by atoms with E-state index in [1.54, 1.807) is 36.5 Å². The highest BCUT2D eigenvalue weighted by Crippen LogP contribution is 2.27. The van der Waals surface area contributed by atoms with Crippen LogP contribution in [0.5, 0.6) is 5.75 Å².